The van der Waals surface area contributed by atoms with Crippen molar-refractivity contribution >= 4 is 35.3 Å². The number of nitro benzene ring substituents is 2. The minimum atomic E-state index is -1.09. The molecule has 3 aromatic carbocycles. The van der Waals surface area contributed by atoms with E-state index in [-0.39, 0.29) is 33.6 Å². The van der Waals surface area contributed by atoms with Gasteiger partial charge in [-0.2, -0.15) is 5.26 Å². The Labute approximate surface area is 180 Å². The molecule has 1 N–H and O–H groups in total. The lowest BCUT2D eigenvalue weighted by atomic mass is 9.93. The second-order valence-corrected chi connectivity index (χ2v) is 6.46. The number of hydrogen-bond acceptors (Lipinski definition) is 8. The second-order valence-electron chi connectivity index (χ2n) is 6.46. The normalized spacial score (nSPS) is 10.7. The number of hydrogen-bond donors (Lipinski definition) is 1. The van der Waals surface area contributed by atoms with Crippen LogP contribution in [0.2, 0.25) is 0 Å². The maximum atomic E-state index is 13.0. The quantitative estimate of drug-likeness (QED) is 0.187. The number of carbonyl (C=O) groups excluding carboxylic acids is 2. The highest BCUT2D eigenvalue weighted by atomic mass is 17.1. The van der Waals surface area contributed by atoms with Crippen LogP contribution in [0.25, 0.3) is 12.2 Å². The van der Waals surface area contributed by atoms with Crippen LogP contribution in [0.4, 0.5) is 11.4 Å². The van der Waals surface area contributed by atoms with Gasteiger partial charge in [-0.15, -0.1) is 0 Å². The van der Waals surface area contributed by atoms with Crippen LogP contribution < -0.4 is 0 Å². The minimum absolute atomic E-state index is 0.0833. The van der Waals surface area contributed by atoms with Crippen molar-refractivity contribution in [2.45, 2.75) is 0 Å². The lowest BCUT2D eigenvalue weighted by molar-refractivity contribution is -0.385. The molecule has 10 heteroatoms. The molecule has 0 aromatic heterocycles. The van der Waals surface area contributed by atoms with Crippen molar-refractivity contribution in [2.24, 2.45) is 0 Å². The molecule has 0 heterocycles. The summed E-state index contributed by atoms with van der Waals surface area (Å²) in [6, 6.07) is 14.8. The van der Waals surface area contributed by atoms with Gasteiger partial charge in [0.15, 0.2) is 5.78 Å². The van der Waals surface area contributed by atoms with Gasteiger partial charge in [0.1, 0.15) is 0 Å². The molecule has 0 spiro atoms. The molecule has 0 amide bonds. The summed E-state index contributed by atoms with van der Waals surface area (Å²) < 4.78 is 0. The fourth-order valence-corrected chi connectivity index (χ4v) is 2.95. The number of nitro groups is 2. The number of non-ortho nitro benzene ring substituents is 2. The first kappa shape index (κ1) is 22.0. The van der Waals surface area contributed by atoms with Crippen LogP contribution in [0.1, 0.15) is 37.4 Å². The third-order valence-electron chi connectivity index (χ3n) is 4.54. The zero-order valence-electron chi connectivity index (χ0n) is 16.2. The van der Waals surface area contributed by atoms with Gasteiger partial charge in [0.25, 0.3) is 11.4 Å². The highest BCUT2D eigenvalue weighted by molar-refractivity contribution is 6.13. The minimum Gasteiger partial charge on any atom is -0.295 e. The van der Waals surface area contributed by atoms with Crippen LogP contribution in [0, 0.1) is 20.2 Å². The molecule has 0 aliphatic rings. The van der Waals surface area contributed by atoms with Gasteiger partial charge >= 0.3 is 5.97 Å². The van der Waals surface area contributed by atoms with Crippen molar-refractivity contribution < 1.29 is 29.6 Å². The molecular weight excluding hydrogens is 420 g/mol. The van der Waals surface area contributed by atoms with E-state index in [1.54, 1.807) is 0 Å². The molecule has 0 radical (unpaired) electrons. The van der Waals surface area contributed by atoms with Crippen molar-refractivity contribution in [1.29, 1.82) is 0 Å². The molecule has 0 aliphatic carbocycles. The average molecular weight is 434 g/mol. The molecular formula is C22H14N2O8. The summed E-state index contributed by atoms with van der Waals surface area (Å²) in [6.45, 7) is 0. The topological polar surface area (TPSA) is 150 Å². The predicted molar refractivity (Wildman–Crippen MR) is 113 cm³/mol. The molecule has 160 valence electrons. The van der Waals surface area contributed by atoms with Gasteiger partial charge in [0.2, 0.25) is 0 Å². The Kier molecular flexibility index (Phi) is 6.47. The fraction of sp³-hybridized carbons (Fsp3) is 0. The van der Waals surface area contributed by atoms with Gasteiger partial charge in [-0.3, -0.25) is 29.9 Å². The largest absolute Gasteiger partial charge is 0.373 e. The van der Waals surface area contributed by atoms with Crippen LogP contribution in [-0.4, -0.2) is 26.9 Å². The molecule has 0 unspecified atom stereocenters. The van der Waals surface area contributed by atoms with Gasteiger partial charge in [0, 0.05) is 41.0 Å². The summed E-state index contributed by atoms with van der Waals surface area (Å²) in [6.07, 6.45) is 2.96. The number of benzene rings is 3. The van der Waals surface area contributed by atoms with E-state index >= 15 is 0 Å². The molecule has 3 rings (SSSR count). The second kappa shape index (κ2) is 9.41. The third kappa shape index (κ3) is 4.71. The summed E-state index contributed by atoms with van der Waals surface area (Å²) in [5, 5.41) is 30.5. The summed E-state index contributed by atoms with van der Waals surface area (Å²) in [5.41, 5.74) is 0.538. The molecule has 0 saturated heterocycles. The molecule has 0 bridgehead atoms. The predicted octanol–water partition coefficient (Wildman–Crippen LogP) is 4.53. The maximum Gasteiger partial charge on any atom is 0.373 e. The Morgan fingerprint density at radius 3 is 1.84 bits per heavy atom. The van der Waals surface area contributed by atoms with Gasteiger partial charge in [0.05, 0.1) is 15.4 Å². The maximum absolute atomic E-state index is 13.0. The Bertz CT molecular complexity index is 1230. The third-order valence-corrected chi connectivity index (χ3v) is 4.54. The van der Waals surface area contributed by atoms with Gasteiger partial charge in [-0.1, -0.05) is 24.3 Å². The van der Waals surface area contributed by atoms with E-state index in [9.17, 15) is 29.8 Å². The highest BCUT2D eigenvalue weighted by Crippen LogP contribution is 2.24. The smallest absolute Gasteiger partial charge is 0.295 e. The van der Waals surface area contributed by atoms with Crippen LogP contribution in [0.5, 0.6) is 0 Å². The van der Waals surface area contributed by atoms with E-state index in [0.717, 1.165) is 0 Å². The summed E-state index contributed by atoms with van der Waals surface area (Å²) >= 11 is 0. The summed E-state index contributed by atoms with van der Waals surface area (Å²) in [7, 11) is 0. The molecule has 0 saturated carbocycles. The Morgan fingerprint density at radius 2 is 1.31 bits per heavy atom. The first-order valence-corrected chi connectivity index (χ1v) is 9.02. The molecule has 0 atom stereocenters. The number of nitrogens with zero attached hydrogens (tertiary/aromatic N) is 2. The van der Waals surface area contributed by atoms with Gasteiger partial charge < -0.3 is 0 Å². The molecule has 32 heavy (non-hydrogen) atoms. The van der Waals surface area contributed by atoms with Crippen LogP contribution in [0.3, 0.4) is 0 Å². The average Bonchev–Trinajstić information content (AvgIpc) is 2.81. The molecule has 10 nitrogen and oxygen atoms in total. The van der Waals surface area contributed by atoms with Crippen molar-refractivity contribution in [3.8, 4) is 0 Å². The zero-order valence-corrected chi connectivity index (χ0v) is 16.2. The van der Waals surface area contributed by atoms with E-state index in [0.29, 0.717) is 5.56 Å². The van der Waals surface area contributed by atoms with E-state index in [2.05, 4.69) is 4.89 Å². The monoisotopic (exact) mass is 434 g/mol. The molecule has 0 aliphatic heterocycles. The van der Waals surface area contributed by atoms with Crippen molar-refractivity contribution in [1.82, 2.24) is 0 Å². The molecule has 3 aromatic rings. The lowest BCUT2D eigenvalue weighted by Crippen LogP contribution is -2.10. The molecule has 0 fully saturated rings. The van der Waals surface area contributed by atoms with Crippen molar-refractivity contribution in [3.63, 3.8) is 0 Å². The van der Waals surface area contributed by atoms with E-state index in [1.807, 2.05) is 0 Å². The summed E-state index contributed by atoms with van der Waals surface area (Å²) in [4.78, 5) is 49.4. The standard InChI is InChI=1S/C22H14N2O8/c25-21(15-7-11-17(12-8-15)24(29)30)19-2-1-3-20(22(26)32-31)18(19)13-6-14-4-9-16(10-5-14)23(27)28/h1-13,31H/b13-6+. The zero-order chi connectivity index (χ0) is 23.3. The first-order chi connectivity index (χ1) is 15.3. The van der Waals surface area contributed by atoms with E-state index in [1.165, 1.54) is 78.9 Å². The number of carbonyl (C=O) groups is 2. The Hall–Kier alpha value is -4.70. The van der Waals surface area contributed by atoms with Crippen molar-refractivity contribution in [3.05, 3.63) is 115 Å². The van der Waals surface area contributed by atoms with Crippen molar-refractivity contribution in [2.75, 3.05) is 0 Å². The highest BCUT2D eigenvalue weighted by Gasteiger charge is 2.20. The Balaban J connectivity index is 2.04. The fourth-order valence-electron chi connectivity index (χ4n) is 2.95. The van der Waals surface area contributed by atoms with Crippen LogP contribution in [0.15, 0.2) is 66.7 Å². The lowest BCUT2D eigenvalue weighted by Gasteiger charge is -2.10. The number of rotatable bonds is 7. The summed E-state index contributed by atoms with van der Waals surface area (Å²) in [5.74, 6) is -1.61. The van der Waals surface area contributed by atoms with Crippen LogP contribution >= 0.6 is 0 Å². The van der Waals surface area contributed by atoms with Crippen LogP contribution in [-0.2, 0) is 4.89 Å². The first-order valence-electron chi connectivity index (χ1n) is 9.02. The number of ketones is 1. The van der Waals surface area contributed by atoms with E-state index < -0.39 is 21.6 Å². The SMILES string of the molecule is O=C(OO)c1cccc(C(=O)c2ccc([N+](=O)[O-])cc2)c1/C=C/c1ccc([N+](=O)[O-])cc1. The van der Waals surface area contributed by atoms with E-state index in [4.69, 9.17) is 5.26 Å². The van der Waals surface area contributed by atoms with Gasteiger partial charge in [-0.25, -0.2) is 4.79 Å². The van der Waals surface area contributed by atoms with Gasteiger partial charge in [-0.05, 0) is 35.9 Å². The Morgan fingerprint density at radius 1 is 0.781 bits per heavy atom.